The fourth-order valence-corrected chi connectivity index (χ4v) is 3.36. The Bertz CT molecular complexity index is 817. The quantitative estimate of drug-likeness (QED) is 0.913. The molecular formula is C18H24N4O2. The molecule has 1 aliphatic heterocycles. The van der Waals surface area contributed by atoms with Crippen molar-refractivity contribution in [2.75, 3.05) is 13.1 Å². The lowest BCUT2D eigenvalue weighted by atomic mass is 10.1. The van der Waals surface area contributed by atoms with Crippen LogP contribution in [0.15, 0.2) is 29.1 Å². The fourth-order valence-electron chi connectivity index (χ4n) is 3.36. The fraction of sp³-hybridized carbons (Fsp3) is 0.500. The van der Waals surface area contributed by atoms with Crippen LogP contribution in [0.25, 0.3) is 10.8 Å². The molecule has 6 nitrogen and oxygen atoms in total. The molecule has 0 unspecified atom stereocenters. The van der Waals surface area contributed by atoms with Gasteiger partial charge in [0.2, 0.25) is 0 Å². The Morgan fingerprint density at radius 1 is 1.17 bits per heavy atom. The maximum absolute atomic E-state index is 13.1. The number of nitrogens with zero attached hydrogens (tertiary/aromatic N) is 3. The highest BCUT2D eigenvalue weighted by atomic mass is 16.2. The molecule has 1 aliphatic rings. The molecule has 0 aliphatic carbocycles. The van der Waals surface area contributed by atoms with E-state index in [1.165, 1.54) is 4.68 Å². The van der Waals surface area contributed by atoms with Crippen molar-refractivity contribution in [3.63, 3.8) is 0 Å². The van der Waals surface area contributed by atoms with Crippen LogP contribution in [0.1, 0.15) is 44.2 Å². The predicted octanol–water partition coefficient (Wildman–Crippen LogP) is 1.80. The second-order valence-corrected chi connectivity index (χ2v) is 6.92. The van der Waals surface area contributed by atoms with Gasteiger partial charge in [0.25, 0.3) is 11.5 Å². The third-order valence-electron chi connectivity index (χ3n) is 4.36. The van der Waals surface area contributed by atoms with E-state index in [-0.39, 0.29) is 29.6 Å². The van der Waals surface area contributed by atoms with E-state index in [9.17, 15) is 9.59 Å². The van der Waals surface area contributed by atoms with Crippen molar-refractivity contribution < 1.29 is 4.79 Å². The molecule has 6 heteroatoms. The summed E-state index contributed by atoms with van der Waals surface area (Å²) in [5, 5.41) is 9.01. The van der Waals surface area contributed by atoms with Crippen molar-refractivity contribution in [1.82, 2.24) is 20.0 Å². The molecule has 1 fully saturated rings. The first-order valence-electron chi connectivity index (χ1n) is 8.45. The average molecular weight is 328 g/mol. The monoisotopic (exact) mass is 328 g/mol. The van der Waals surface area contributed by atoms with Gasteiger partial charge in [-0.05, 0) is 33.8 Å². The molecule has 0 spiro atoms. The maximum Gasteiger partial charge on any atom is 0.275 e. The van der Waals surface area contributed by atoms with Crippen LogP contribution in [-0.2, 0) is 0 Å². The Hall–Kier alpha value is -2.21. The Morgan fingerprint density at radius 2 is 1.75 bits per heavy atom. The van der Waals surface area contributed by atoms with Crippen LogP contribution in [0, 0.1) is 0 Å². The molecular weight excluding hydrogens is 304 g/mol. The van der Waals surface area contributed by atoms with Gasteiger partial charge in [-0.15, -0.1) is 0 Å². The van der Waals surface area contributed by atoms with Gasteiger partial charge < -0.3 is 10.2 Å². The second kappa shape index (κ2) is 6.36. The highest BCUT2D eigenvalue weighted by Gasteiger charge is 2.28. The van der Waals surface area contributed by atoms with Crippen LogP contribution < -0.4 is 10.9 Å². The van der Waals surface area contributed by atoms with Gasteiger partial charge in [0.05, 0.1) is 11.4 Å². The minimum atomic E-state index is -0.154. The molecule has 0 radical (unpaired) electrons. The number of benzene rings is 1. The van der Waals surface area contributed by atoms with Gasteiger partial charge in [0, 0.05) is 30.6 Å². The summed E-state index contributed by atoms with van der Waals surface area (Å²) in [5.41, 5.74) is 0.208. The smallest absolute Gasteiger partial charge is 0.275 e. The topological polar surface area (TPSA) is 67.2 Å². The molecule has 3 rings (SSSR count). The van der Waals surface area contributed by atoms with Gasteiger partial charge in [0.1, 0.15) is 0 Å². The van der Waals surface area contributed by atoms with Crippen LogP contribution in [0.5, 0.6) is 0 Å². The average Bonchev–Trinajstić information content (AvgIpc) is 2.53. The maximum atomic E-state index is 13.1. The van der Waals surface area contributed by atoms with Crippen LogP contribution in [0.3, 0.4) is 0 Å². The largest absolute Gasteiger partial charge is 0.334 e. The molecule has 1 aromatic carbocycles. The number of fused-ring (bicyclic) bond motifs is 1. The number of piperazine rings is 1. The second-order valence-electron chi connectivity index (χ2n) is 6.92. The zero-order valence-electron chi connectivity index (χ0n) is 14.6. The van der Waals surface area contributed by atoms with Crippen molar-refractivity contribution in [3.8, 4) is 0 Å². The molecule has 1 saturated heterocycles. The molecule has 128 valence electrons. The van der Waals surface area contributed by atoms with E-state index in [4.69, 9.17) is 0 Å². The van der Waals surface area contributed by atoms with E-state index < -0.39 is 0 Å². The molecule has 2 heterocycles. The van der Waals surface area contributed by atoms with E-state index in [0.29, 0.717) is 29.6 Å². The lowest BCUT2D eigenvalue weighted by Crippen LogP contribution is -2.56. The first kappa shape index (κ1) is 16.6. The Kier molecular flexibility index (Phi) is 4.41. The zero-order chi connectivity index (χ0) is 17.4. The van der Waals surface area contributed by atoms with Crippen molar-refractivity contribution in [1.29, 1.82) is 0 Å². The molecule has 2 atom stereocenters. The van der Waals surface area contributed by atoms with E-state index in [1.807, 2.05) is 30.9 Å². The first-order chi connectivity index (χ1) is 11.4. The third-order valence-corrected chi connectivity index (χ3v) is 4.36. The highest BCUT2D eigenvalue weighted by molar-refractivity contribution is 6.04. The van der Waals surface area contributed by atoms with Crippen molar-refractivity contribution in [2.24, 2.45) is 0 Å². The van der Waals surface area contributed by atoms with Gasteiger partial charge in [-0.2, -0.15) is 5.10 Å². The van der Waals surface area contributed by atoms with Crippen molar-refractivity contribution in [3.05, 3.63) is 40.3 Å². The molecule has 1 N–H and O–H groups in total. The Balaban J connectivity index is 2.13. The summed E-state index contributed by atoms with van der Waals surface area (Å²) in [6.45, 7) is 9.20. The normalized spacial score (nSPS) is 21.5. The van der Waals surface area contributed by atoms with Crippen LogP contribution in [-0.4, -0.2) is 45.8 Å². The highest BCUT2D eigenvalue weighted by Crippen LogP contribution is 2.18. The van der Waals surface area contributed by atoms with Gasteiger partial charge in [-0.1, -0.05) is 18.2 Å². The SMILES string of the molecule is CC(C)n1nc(C(=O)N2C[C@@H](C)N[C@H](C)C2)c2ccccc2c1=O. The van der Waals surface area contributed by atoms with Crippen LogP contribution in [0.2, 0.25) is 0 Å². The molecule has 1 aromatic heterocycles. The van der Waals surface area contributed by atoms with E-state index >= 15 is 0 Å². The summed E-state index contributed by atoms with van der Waals surface area (Å²) in [4.78, 5) is 27.5. The molecule has 1 amide bonds. The number of amides is 1. The number of carbonyl (C=O) groups is 1. The van der Waals surface area contributed by atoms with Crippen LogP contribution >= 0.6 is 0 Å². The lowest BCUT2D eigenvalue weighted by Gasteiger charge is -2.36. The van der Waals surface area contributed by atoms with E-state index in [0.717, 1.165) is 0 Å². The Labute approximate surface area is 141 Å². The third kappa shape index (κ3) is 2.94. The number of rotatable bonds is 2. The number of hydrogen-bond donors (Lipinski definition) is 1. The molecule has 0 saturated carbocycles. The number of hydrogen-bond acceptors (Lipinski definition) is 4. The van der Waals surface area contributed by atoms with Gasteiger partial charge in [-0.3, -0.25) is 9.59 Å². The van der Waals surface area contributed by atoms with E-state index in [1.54, 1.807) is 12.1 Å². The standard InChI is InChI=1S/C18H24N4O2/c1-11(2)22-17(23)15-8-6-5-7-14(15)16(20-22)18(24)21-9-12(3)19-13(4)10-21/h5-8,11-13,19H,9-10H2,1-4H3/t12-,13-/m1/s1. The summed E-state index contributed by atoms with van der Waals surface area (Å²) in [7, 11) is 0. The minimum absolute atomic E-state index is 0.102. The summed E-state index contributed by atoms with van der Waals surface area (Å²) in [5.74, 6) is -0.110. The molecule has 0 bridgehead atoms. The van der Waals surface area contributed by atoms with Crippen LogP contribution in [0.4, 0.5) is 0 Å². The summed E-state index contributed by atoms with van der Waals surface area (Å²) < 4.78 is 1.41. The number of carbonyl (C=O) groups excluding carboxylic acids is 1. The Morgan fingerprint density at radius 3 is 2.33 bits per heavy atom. The first-order valence-corrected chi connectivity index (χ1v) is 8.45. The predicted molar refractivity (Wildman–Crippen MR) is 94.4 cm³/mol. The summed E-state index contributed by atoms with van der Waals surface area (Å²) in [6.07, 6.45) is 0. The molecule has 24 heavy (non-hydrogen) atoms. The van der Waals surface area contributed by atoms with Gasteiger partial charge >= 0.3 is 0 Å². The lowest BCUT2D eigenvalue weighted by molar-refractivity contribution is 0.0667. The minimum Gasteiger partial charge on any atom is -0.334 e. The van der Waals surface area contributed by atoms with Gasteiger partial charge in [0.15, 0.2) is 5.69 Å². The summed E-state index contributed by atoms with van der Waals surface area (Å²) >= 11 is 0. The van der Waals surface area contributed by atoms with Crippen molar-refractivity contribution >= 4 is 16.7 Å². The number of nitrogens with one attached hydrogen (secondary N) is 1. The summed E-state index contributed by atoms with van der Waals surface area (Å²) in [6, 6.07) is 7.59. The van der Waals surface area contributed by atoms with Gasteiger partial charge in [-0.25, -0.2) is 4.68 Å². The van der Waals surface area contributed by atoms with E-state index in [2.05, 4.69) is 24.3 Å². The zero-order valence-corrected chi connectivity index (χ0v) is 14.6. The molecule has 2 aromatic rings. The number of aromatic nitrogens is 2. The van der Waals surface area contributed by atoms with Crippen molar-refractivity contribution in [2.45, 2.75) is 45.8 Å².